The SMILES string of the molecule is CNC1=CNN(c2cccc(C(F)(F)F)c2)C(c2cccc(Cl)c2)=C1. The number of hydrogen-bond acceptors (Lipinski definition) is 3. The van der Waals surface area contributed by atoms with E-state index in [0.717, 1.165) is 23.4 Å². The van der Waals surface area contributed by atoms with Crippen LogP contribution < -0.4 is 15.8 Å². The average Bonchev–Trinajstić information content (AvgIpc) is 2.60. The molecule has 0 saturated heterocycles. The lowest BCUT2D eigenvalue weighted by molar-refractivity contribution is -0.137. The summed E-state index contributed by atoms with van der Waals surface area (Å²) in [6, 6.07) is 12.3. The normalized spacial score (nSPS) is 14.5. The first kappa shape index (κ1) is 17.2. The van der Waals surface area contributed by atoms with Gasteiger partial charge in [-0.3, -0.25) is 10.4 Å². The van der Waals surface area contributed by atoms with Crippen molar-refractivity contribution < 1.29 is 13.2 Å². The molecule has 2 N–H and O–H groups in total. The van der Waals surface area contributed by atoms with Crippen LogP contribution in [-0.4, -0.2) is 7.05 Å². The van der Waals surface area contributed by atoms with Crippen molar-refractivity contribution >= 4 is 23.0 Å². The predicted molar refractivity (Wildman–Crippen MR) is 93.6 cm³/mol. The Bertz CT molecular complexity index is 843. The Labute approximate surface area is 148 Å². The van der Waals surface area contributed by atoms with Crippen LogP contribution >= 0.6 is 11.6 Å². The van der Waals surface area contributed by atoms with E-state index in [4.69, 9.17) is 11.6 Å². The highest BCUT2D eigenvalue weighted by atomic mass is 35.5. The number of rotatable bonds is 3. The van der Waals surface area contributed by atoms with Crippen LogP contribution in [-0.2, 0) is 6.18 Å². The van der Waals surface area contributed by atoms with E-state index in [1.54, 1.807) is 42.5 Å². The van der Waals surface area contributed by atoms with Crippen LogP contribution in [0, 0.1) is 0 Å². The van der Waals surface area contributed by atoms with Gasteiger partial charge in [0, 0.05) is 23.8 Å². The van der Waals surface area contributed by atoms with E-state index in [1.807, 2.05) is 12.1 Å². The molecule has 1 heterocycles. The number of nitrogens with zero attached hydrogens (tertiary/aromatic N) is 1. The molecule has 1 aliphatic heterocycles. The van der Waals surface area contributed by atoms with Gasteiger partial charge in [0.15, 0.2) is 0 Å². The zero-order valence-electron chi connectivity index (χ0n) is 13.2. The zero-order chi connectivity index (χ0) is 18.0. The summed E-state index contributed by atoms with van der Waals surface area (Å²) in [5.41, 5.74) is 4.91. The van der Waals surface area contributed by atoms with Gasteiger partial charge in [0.1, 0.15) is 0 Å². The molecule has 130 valence electrons. The molecule has 0 bridgehead atoms. The summed E-state index contributed by atoms with van der Waals surface area (Å²) in [5, 5.41) is 5.14. The first-order chi connectivity index (χ1) is 11.9. The van der Waals surface area contributed by atoms with Crippen molar-refractivity contribution in [3.05, 3.63) is 82.7 Å². The van der Waals surface area contributed by atoms with Crippen molar-refractivity contribution in [2.45, 2.75) is 6.18 Å². The van der Waals surface area contributed by atoms with Crippen LogP contribution in [0.25, 0.3) is 5.70 Å². The van der Waals surface area contributed by atoms with Gasteiger partial charge in [-0.25, -0.2) is 0 Å². The lowest BCUT2D eigenvalue weighted by Gasteiger charge is -2.31. The van der Waals surface area contributed by atoms with E-state index in [-0.39, 0.29) is 0 Å². The molecule has 0 spiro atoms. The molecule has 0 aliphatic carbocycles. The van der Waals surface area contributed by atoms with Gasteiger partial charge in [-0.05, 0) is 36.4 Å². The monoisotopic (exact) mass is 365 g/mol. The van der Waals surface area contributed by atoms with E-state index in [9.17, 15) is 13.2 Å². The Balaban J connectivity index is 2.06. The van der Waals surface area contributed by atoms with Gasteiger partial charge in [0.25, 0.3) is 0 Å². The highest BCUT2D eigenvalue weighted by Crippen LogP contribution is 2.34. The number of likely N-dealkylation sites (N-methyl/N-ethyl adjacent to an activating group) is 1. The molecule has 0 unspecified atom stereocenters. The summed E-state index contributed by atoms with van der Waals surface area (Å²) < 4.78 is 39.1. The number of hydrogen-bond donors (Lipinski definition) is 2. The standard InChI is InChI=1S/C18H15ClF3N3/c1-23-15-10-17(12-4-2-6-14(19)8-12)25(24-11-15)16-7-3-5-13(9-16)18(20,21)22/h2-11,23-24H,1H3. The molecule has 0 atom stereocenters. The van der Waals surface area contributed by atoms with Crippen LogP contribution in [0.1, 0.15) is 11.1 Å². The molecule has 0 amide bonds. The largest absolute Gasteiger partial charge is 0.416 e. The van der Waals surface area contributed by atoms with Crippen molar-refractivity contribution in [3.8, 4) is 0 Å². The van der Waals surface area contributed by atoms with Gasteiger partial charge < -0.3 is 5.32 Å². The Morgan fingerprint density at radius 2 is 1.84 bits per heavy atom. The van der Waals surface area contributed by atoms with Crippen molar-refractivity contribution in [2.24, 2.45) is 0 Å². The Morgan fingerprint density at radius 1 is 1.08 bits per heavy atom. The van der Waals surface area contributed by atoms with Gasteiger partial charge in [-0.1, -0.05) is 29.8 Å². The lowest BCUT2D eigenvalue weighted by Crippen LogP contribution is -2.36. The lowest BCUT2D eigenvalue weighted by atomic mass is 10.1. The topological polar surface area (TPSA) is 27.3 Å². The van der Waals surface area contributed by atoms with Crippen LogP contribution in [0.5, 0.6) is 0 Å². The highest BCUT2D eigenvalue weighted by Gasteiger charge is 2.31. The molecule has 0 aromatic heterocycles. The van der Waals surface area contributed by atoms with Gasteiger partial charge in [0.2, 0.25) is 0 Å². The highest BCUT2D eigenvalue weighted by molar-refractivity contribution is 6.30. The fraction of sp³-hybridized carbons (Fsp3) is 0.111. The van der Waals surface area contributed by atoms with Crippen molar-refractivity contribution in [1.82, 2.24) is 10.7 Å². The molecule has 3 nitrogen and oxygen atoms in total. The van der Waals surface area contributed by atoms with Gasteiger partial charge in [-0.15, -0.1) is 0 Å². The van der Waals surface area contributed by atoms with E-state index < -0.39 is 11.7 Å². The van der Waals surface area contributed by atoms with Crippen molar-refractivity contribution in [2.75, 3.05) is 12.1 Å². The average molecular weight is 366 g/mol. The Hall–Kier alpha value is -2.60. The third kappa shape index (κ3) is 3.74. The number of halogens is 4. The zero-order valence-corrected chi connectivity index (χ0v) is 14.0. The minimum Gasteiger partial charge on any atom is -0.387 e. The van der Waals surface area contributed by atoms with Gasteiger partial charge in [-0.2, -0.15) is 13.2 Å². The number of nitrogens with one attached hydrogen (secondary N) is 2. The Morgan fingerprint density at radius 3 is 2.52 bits per heavy atom. The number of allylic oxidation sites excluding steroid dienone is 1. The maximum atomic E-state index is 13.0. The molecule has 0 fully saturated rings. The summed E-state index contributed by atoms with van der Waals surface area (Å²) in [7, 11) is 1.76. The first-order valence-corrected chi connectivity index (χ1v) is 7.85. The quantitative estimate of drug-likeness (QED) is 0.819. The predicted octanol–water partition coefficient (Wildman–Crippen LogP) is 4.79. The maximum absolute atomic E-state index is 13.0. The number of hydrazine groups is 1. The van der Waals surface area contributed by atoms with E-state index in [1.165, 1.54) is 6.07 Å². The second-order valence-corrected chi connectivity index (χ2v) is 5.84. The summed E-state index contributed by atoms with van der Waals surface area (Å²) in [6.45, 7) is 0. The second-order valence-electron chi connectivity index (χ2n) is 5.40. The van der Waals surface area contributed by atoms with E-state index in [2.05, 4.69) is 10.7 Å². The van der Waals surface area contributed by atoms with Gasteiger partial charge in [0.05, 0.1) is 22.6 Å². The molecule has 2 aromatic carbocycles. The van der Waals surface area contributed by atoms with E-state index >= 15 is 0 Å². The fourth-order valence-corrected chi connectivity index (χ4v) is 2.69. The van der Waals surface area contributed by atoms with Crippen LogP contribution in [0.15, 0.2) is 66.5 Å². The molecule has 2 aromatic rings. The molecular weight excluding hydrogens is 351 g/mol. The Kier molecular flexibility index (Phi) is 4.63. The maximum Gasteiger partial charge on any atom is 0.416 e. The summed E-state index contributed by atoms with van der Waals surface area (Å²) in [6.07, 6.45) is -0.894. The smallest absolute Gasteiger partial charge is 0.387 e. The minimum absolute atomic E-state index is 0.368. The number of benzene rings is 2. The van der Waals surface area contributed by atoms with Crippen LogP contribution in [0.3, 0.4) is 0 Å². The fourth-order valence-electron chi connectivity index (χ4n) is 2.50. The summed E-state index contributed by atoms with van der Waals surface area (Å²) in [5.74, 6) is 0. The molecular formula is C18H15ClF3N3. The molecule has 3 rings (SSSR count). The third-order valence-electron chi connectivity index (χ3n) is 3.72. The van der Waals surface area contributed by atoms with Crippen LogP contribution in [0.4, 0.5) is 18.9 Å². The van der Waals surface area contributed by atoms with Crippen molar-refractivity contribution in [1.29, 1.82) is 0 Å². The number of anilines is 1. The minimum atomic E-state index is -4.41. The number of alkyl halides is 3. The third-order valence-corrected chi connectivity index (χ3v) is 3.96. The van der Waals surface area contributed by atoms with Gasteiger partial charge >= 0.3 is 6.18 Å². The summed E-state index contributed by atoms with van der Waals surface area (Å²) in [4.78, 5) is 0. The van der Waals surface area contributed by atoms with Crippen molar-refractivity contribution in [3.63, 3.8) is 0 Å². The molecule has 25 heavy (non-hydrogen) atoms. The molecule has 0 saturated carbocycles. The van der Waals surface area contributed by atoms with E-state index in [0.29, 0.717) is 16.4 Å². The summed E-state index contributed by atoms with van der Waals surface area (Å²) >= 11 is 6.07. The second kappa shape index (κ2) is 6.72. The molecule has 1 aliphatic rings. The first-order valence-electron chi connectivity index (χ1n) is 7.47. The molecule has 0 radical (unpaired) electrons. The van der Waals surface area contributed by atoms with Crippen LogP contribution in [0.2, 0.25) is 5.02 Å². The molecule has 7 heteroatoms.